The standard InChI is InChI=1S/C17H23N3O4/c1-6-10(2)19(9-16(21)22)17(23)14-7-11(3)20(13(14)5)15-8-12(4)24-18-15/h7-8,10H,6,9H2,1-5H3,(H,21,22). The van der Waals surface area contributed by atoms with Crippen LogP contribution in [0.3, 0.4) is 0 Å². The van der Waals surface area contributed by atoms with Gasteiger partial charge >= 0.3 is 5.97 Å². The molecule has 2 aromatic heterocycles. The number of carboxylic acids is 1. The highest BCUT2D eigenvalue weighted by Gasteiger charge is 2.27. The summed E-state index contributed by atoms with van der Waals surface area (Å²) in [4.78, 5) is 25.4. The van der Waals surface area contributed by atoms with Crippen LogP contribution in [0.4, 0.5) is 0 Å². The van der Waals surface area contributed by atoms with Gasteiger partial charge in [-0.1, -0.05) is 12.1 Å². The number of aryl methyl sites for hydroxylation is 2. The number of aliphatic carboxylic acids is 1. The normalized spacial score (nSPS) is 12.2. The van der Waals surface area contributed by atoms with E-state index in [2.05, 4.69) is 5.16 Å². The summed E-state index contributed by atoms with van der Waals surface area (Å²) >= 11 is 0. The third-order valence-corrected chi connectivity index (χ3v) is 4.20. The smallest absolute Gasteiger partial charge is 0.323 e. The van der Waals surface area contributed by atoms with Crippen molar-refractivity contribution in [3.05, 3.63) is 34.8 Å². The van der Waals surface area contributed by atoms with E-state index in [4.69, 9.17) is 9.63 Å². The fourth-order valence-electron chi connectivity index (χ4n) is 2.74. The highest BCUT2D eigenvalue weighted by Crippen LogP contribution is 2.23. The van der Waals surface area contributed by atoms with E-state index in [0.29, 0.717) is 29.3 Å². The lowest BCUT2D eigenvalue weighted by Crippen LogP contribution is -2.42. The highest BCUT2D eigenvalue weighted by molar-refractivity contribution is 5.97. The molecule has 1 N–H and O–H groups in total. The summed E-state index contributed by atoms with van der Waals surface area (Å²) in [5.74, 6) is -0.0248. The molecule has 1 amide bonds. The average Bonchev–Trinajstić information content (AvgIpc) is 3.06. The van der Waals surface area contributed by atoms with Crippen LogP contribution in [0, 0.1) is 20.8 Å². The van der Waals surface area contributed by atoms with Crippen LogP contribution in [0.1, 0.15) is 47.8 Å². The van der Waals surface area contributed by atoms with E-state index in [0.717, 1.165) is 5.69 Å². The van der Waals surface area contributed by atoms with Crippen LogP contribution < -0.4 is 0 Å². The first-order valence-corrected chi connectivity index (χ1v) is 7.91. The van der Waals surface area contributed by atoms with E-state index in [1.165, 1.54) is 4.90 Å². The van der Waals surface area contributed by atoms with Gasteiger partial charge in [-0.2, -0.15) is 0 Å². The van der Waals surface area contributed by atoms with Gasteiger partial charge in [-0.3, -0.25) is 14.2 Å². The van der Waals surface area contributed by atoms with Crippen molar-refractivity contribution in [2.24, 2.45) is 0 Å². The minimum Gasteiger partial charge on any atom is -0.480 e. The first-order valence-electron chi connectivity index (χ1n) is 7.91. The maximum absolute atomic E-state index is 12.9. The minimum absolute atomic E-state index is 0.161. The second kappa shape index (κ2) is 6.90. The van der Waals surface area contributed by atoms with Gasteiger partial charge in [0, 0.05) is 23.5 Å². The van der Waals surface area contributed by atoms with Gasteiger partial charge in [0.05, 0.1) is 5.56 Å². The van der Waals surface area contributed by atoms with Crippen molar-refractivity contribution >= 4 is 11.9 Å². The molecular weight excluding hydrogens is 310 g/mol. The lowest BCUT2D eigenvalue weighted by Gasteiger charge is -2.27. The Bertz CT molecular complexity index is 760. The van der Waals surface area contributed by atoms with Gasteiger partial charge in [-0.25, -0.2) is 0 Å². The highest BCUT2D eigenvalue weighted by atomic mass is 16.5. The molecule has 0 aliphatic rings. The molecule has 1 unspecified atom stereocenters. The van der Waals surface area contributed by atoms with E-state index < -0.39 is 5.97 Å². The molecule has 130 valence electrons. The zero-order valence-corrected chi connectivity index (χ0v) is 14.7. The van der Waals surface area contributed by atoms with Gasteiger partial charge in [0.25, 0.3) is 5.91 Å². The monoisotopic (exact) mass is 333 g/mol. The quantitative estimate of drug-likeness (QED) is 0.878. The number of hydrogen-bond acceptors (Lipinski definition) is 4. The van der Waals surface area contributed by atoms with Crippen molar-refractivity contribution in [3.63, 3.8) is 0 Å². The number of carbonyl (C=O) groups is 2. The van der Waals surface area contributed by atoms with Crippen molar-refractivity contribution in [1.29, 1.82) is 0 Å². The topological polar surface area (TPSA) is 88.6 Å². The molecule has 2 heterocycles. The Balaban J connectivity index is 2.44. The van der Waals surface area contributed by atoms with E-state index in [9.17, 15) is 9.59 Å². The molecule has 1 atom stereocenters. The van der Waals surface area contributed by atoms with Crippen LogP contribution in [0.15, 0.2) is 16.7 Å². The molecule has 0 bridgehead atoms. The third-order valence-electron chi connectivity index (χ3n) is 4.20. The number of carbonyl (C=O) groups excluding carboxylic acids is 1. The molecule has 0 spiro atoms. The molecule has 7 nitrogen and oxygen atoms in total. The molecule has 2 aromatic rings. The summed E-state index contributed by atoms with van der Waals surface area (Å²) in [6.07, 6.45) is 0.681. The van der Waals surface area contributed by atoms with Gasteiger partial charge in [-0.15, -0.1) is 0 Å². The Hall–Kier alpha value is -2.57. The molecule has 7 heteroatoms. The maximum Gasteiger partial charge on any atom is 0.323 e. The fraction of sp³-hybridized carbons (Fsp3) is 0.471. The summed E-state index contributed by atoms with van der Waals surface area (Å²) in [6, 6.07) is 3.39. The van der Waals surface area contributed by atoms with Crippen molar-refractivity contribution < 1.29 is 19.2 Å². The van der Waals surface area contributed by atoms with Crippen LogP contribution in [-0.4, -0.2) is 44.2 Å². The second-order valence-corrected chi connectivity index (χ2v) is 6.00. The number of amides is 1. The van der Waals surface area contributed by atoms with Crippen molar-refractivity contribution in [3.8, 4) is 5.82 Å². The van der Waals surface area contributed by atoms with E-state index >= 15 is 0 Å². The predicted molar refractivity (Wildman–Crippen MR) is 88.5 cm³/mol. The van der Waals surface area contributed by atoms with Crippen LogP contribution in [0.5, 0.6) is 0 Å². The summed E-state index contributed by atoms with van der Waals surface area (Å²) in [7, 11) is 0. The zero-order chi connectivity index (χ0) is 18.0. The van der Waals surface area contributed by atoms with Crippen molar-refractivity contribution in [2.45, 2.75) is 47.1 Å². The molecule has 0 saturated heterocycles. The SMILES string of the molecule is CCC(C)N(CC(=O)O)C(=O)c1cc(C)n(-c2cc(C)on2)c1C. The third kappa shape index (κ3) is 3.34. The van der Waals surface area contributed by atoms with E-state index in [1.807, 2.05) is 32.3 Å². The van der Waals surface area contributed by atoms with Crippen molar-refractivity contribution in [1.82, 2.24) is 14.6 Å². The minimum atomic E-state index is -1.02. The van der Waals surface area contributed by atoms with Gasteiger partial charge in [0.15, 0.2) is 5.82 Å². The summed E-state index contributed by atoms with van der Waals surface area (Å²) < 4.78 is 6.94. The molecular formula is C17H23N3O4. The molecule has 0 aliphatic heterocycles. The summed E-state index contributed by atoms with van der Waals surface area (Å²) in [5.41, 5.74) is 2.03. The Morgan fingerprint density at radius 2 is 2.00 bits per heavy atom. The van der Waals surface area contributed by atoms with Gasteiger partial charge in [0.1, 0.15) is 12.3 Å². The molecule has 2 rings (SSSR count). The number of aromatic nitrogens is 2. The number of nitrogens with zero attached hydrogens (tertiary/aromatic N) is 3. The Morgan fingerprint density at radius 3 is 2.50 bits per heavy atom. The second-order valence-electron chi connectivity index (χ2n) is 6.00. The molecule has 0 radical (unpaired) electrons. The first kappa shape index (κ1) is 17.8. The summed E-state index contributed by atoms with van der Waals surface area (Å²) in [6.45, 7) is 8.95. The molecule has 24 heavy (non-hydrogen) atoms. The fourth-order valence-corrected chi connectivity index (χ4v) is 2.74. The number of rotatable bonds is 6. The van der Waals surface area contributed by atoms with Crippen LogP contribution in [0.25, 0.3) is 5.82 Å². The molecule has 0 aliphatic carbocycles. The van der Waals surface area contributed by atoms with Crippen LogP contribution in [0.2, 0.25) is 0 Å². The molecule has 0 aromatic carbocycles. The largest absolute Gasteiger partial charge is 0.480 e. The number of carboxylic acid groups (broad SMARTS) is 1. The lowest BCUT2D eigenvalue weighted by molar-refractivity contribution is -0.138. The summed E-state index contributed by atoms with van der Waals surface area (Å²) in [5, 5.41) is 13.1. The van der Waals surface area contributed by atoms with Crippen molar-refractivity contribution in [2.75, 3.05) is 6.54 Å². The first-order chi connectivity index (χ1) is 11.3. The number of hydrogen-bond donors (Lipinski definition) is 1. The molecule has 0 fully saturated rings. The van der Waals surface area contributed by atoms with Crippen LogP contribution in [-0.2, 0) is 4.79 Å². The Labute approximate surface area is 140 Å². The predicted octanol–water partition coefficient (Wildman–Crippen LogP) is 2.72. The van der Waals surface area contributed by atoms with E-state index in [-0.39, 0.29) is 18.5 Å². The Morgan fingerprint density at radius 1 is 1.33 bits per heavy atom. The Kier molecular flexibility index (Phi) is 5.11. The maximum atomic E-state index is 12.9. The van der Waals surface area contributed by atoms with Gasteiger partial charge < -0.3 is 14.5 Å². The van der Waals surface area contributed by atoms with E-state index in [1.54, 1.807) is 19.1 Å². The zero-order valence-electron chi connectivity index (χ0n) is 14.7. The average molecular weight is 333 g/mol. The van der Waals surface area contributed by atoms with Gasteiger partial charge in [-0.05, 0) is 40.2 Å². The van der Waals surface area contributed by atoms with Crippen LogP contribution >= 0.6 is 0 Å². The molecule has 0 saturated carbocycles. The lowest BCUT2D eigenvalue weighted by atomic mass is 10.1. The van der Waals surface area contributed by atoms with Gasteiger partial charge in [0.2, 0.25) is 0 Å².